The van der Waals surface area contributed by atoms with Crippen molar-refractivity contribution in [3.05, 3.63) is 42.7 Å². The molecule has 1 aromatic heterocycles. The fraction of sp³-hybridized carbons (Fsp3) is 0.333. The Bertz CT molecular complexity index is 556. The minimum atomic E-state index is -0.0121. The lowest BCUT2D eigenvalue weighted by Gasteiger charge is -2.25. The summed E-state index contributed by atoms with van der Waals surface area (Å²) in [4.78, 5) is 14.2. The number of rotatable bonds is 1. The molecule has 1 aliphatic heterocycles. The molecule has 2 aromatic rings. The van der Waals surface area contributed by atoms with Crippen molar-refractivity contribution < 1.29 is 4.79 Å². The predicted octanol–water partition coefficient (Wildman–Crippen LogP) is 3.00. The van der Waals surface area contributed by atoms with Crippen molar-refractivity contribution >= 4 is 6.03 Å². The molecule has 0 radical (unpaired) electrons. The molecule has 2 heterocycles. The quantitative estimate of drug-likeness (QED) is 0.785. The molecule has 1 fully saturated rings. The minimum Gasteiger partial charge on any atom is -0.323 e. The first-order valence-corrected chi connectivity index (χ1v) is 6.74. The Labute approximate surface area is 112 Å². The Morgan fingerprint density at radius 3 is 2.47 bits per heavy atom. The number of hydrogen-bond acceptors (Lipinski definition) is 2. The molecule has 0 saturated carbocycles. The Morgan fingerprint density at radius 2 is 1.74 bits per heavy atom. The van der Waals surface area contributed by atoms with E-state index in [9.17, 15) is 4.79 Å². The molecule has 0 unspecified atom stereocenters. The second kappa shape index (κ2) is 5.26. The summed E-state index contributed by atoms with van der Waals surface area (Å²) in [5.41, 5.74) is 2.06. The van der Waals surface area contributed by atoms with Gasteiger partial charge in [0.05, 0.1) is 6.20 Å². The molecular weight excluding hydrogens is 238 g/mol. The van der Waals surface area contributed by atoms with E-state index in [2.05, 4.69) is 5.10 Å². The zero-order chi connectivity index (χ0) is 13.1. The third-order valence-corrected chi connectivity index (χ3v) is 3.51. The van der Waals surface area contributed by atoms with Crippen LogP contribution in [0.15, 0.2) is 42.7 Å². The van der Waals surface area contributed by atoms with Crippen LogP contribution in [0, 0.1) is 0 Å². The highest BCUT2D eigenvalue weighted by Gasteiger charge is 2.18. The first kappa shape index (κ1) is 12.0. The van der Waals surface area contributed by atoms with E-state index in [0.29, 0.717) is 0 Å². The van der Waals surface area contributed by atoms with Gasteiger partial charge in [0.1, 0.15) is 0 Å². The molecule has 1 aromatic carbocycles. The lowest BCUT2D eigenvalue weighted by atomic mass is 10.1. The van der Waals surface area contributed by atoms with Crippen LogP contribution in [0.1, 0.15) is 19.3 Å². The standard InChI is InChI=1S/C15H17N3O/c19-15(17-9-5-2-6-10-17)18-12-14(11-16-18)13-7-3-1-4-8-13/h1,3-4,7-8,11-12H,2,5-6,9-10H2. The summed E-state index contributed by atoms with van der Waals surface area (Å²) in [6, 6.07) is 9.98. The van der Waals surface area contributed by atoms with Crippen molar-refractivity contribution in [1.29, 1.82) is 0 Å². The number of carbonyl (C=O) groups excluding carboxylic acids is 1. The summed E-state index contributed by atoms with van der Waals surface area (Å²) in [5, 5.41) is 4.19. The molecule has 0 spiro atoms. The van der Waals surface area contributed by atoms with Crippen LogP contribution in [0.2, 0.25) is 0 Å². The molecular formula is C15H17N3O. The van der Waals surface area contributed by atoms with Gasteiger partial charge in [-0.1, -0.05) is 30.3 Å². The van der Waals surface area contributed by atoms with Gasteiger partial charge >= 0.3 is 6.03 Å². The molecule has 3 rings (SSSR count). The fourth-order valence-corrected chi connectivity index (χ4v) is 2.44. The number of likely N-dealkylation sites (tertiary alicyclic amines) is 1. The van der Waals surface area contributed by atoms with E-state index in [1.54, 1.807) is 6.20 Å². The Morgan fingerprint density at radius 1 is 1.00 bits per heavy atom. The maximum absolute atomic E-state index is 12.3. The fourth-order valence-electron chi connectivity index (χ4n) is 2.44. The molecule has 4 nitrogen and oxygen atoms in total. The number of amides is 1. The van der Waals surface area contributed by atoms with Crippen molar-refractivity contribution in [1.82, 2.24) is 14.7 Å². The molecule has 98 valence electrons. The van der Waals surface area contributed by atoms with E-state index in [1.165, 1.54) is 11.1 Å². The van der Waals surface area contributed by atoms with Crippen LogP contribution >= 0.6 is 0 Å². The van der Waals surface area contributed by atoms with Crippen LogP contribution in [0.5, 0.6) is 0 Å². The topological polar surface area (TPSA) is 38.1 Å². The normalized spacial score (nSPS) is 15.5. The molecule has 1 amide bonds. The summed E-state index contributed by atoms with van der Waals surface area (Å²) < 4.78 is 1.45. The van der Waals surface area contributed by atoms with Crippen LogP contribution in [0.4, 0.5) is 4.79 Å². The van der Waals surface area contributed by atoms with Gasteiger partial charge in [-0.3, -0.25) is 0 Å². The monoisotopic (exact) mass is 255 g/mol. The average Bonchev–Trinajstić information content (AvgIpc) is 2.98. The third-order valence-electron chi connectivity index (χ3n) is 3.51. The summed E-state index contributed by atoms with van der Waals surface area (Å²) in [6.07, 6.45) is 6.97. The van der Waals surface area contributed by atoms with Crippen molar-refractivity contribution in [2.45, 2.75) is 19.3 Å². The van der Waals surface area contributed by atoms with Gasteiger partial charge in [-0.2, -0.15) is 9.78 Å². The molecule has 1 aliphatic rings. The van der Waals surface area contributed by atoms with Crippen LogP contribution in [0.25, 0.3) is 11.1 Å². The molecule has 0 atom stereocenters. The van der Waals surface area contributed by atoms with Crippen molar-refractivity contribution in [2.75, 3.05) is 13.1 Å². The number of benzene rings is 1. The lowest BCUT2D eigenvalue weighted by Crippen LogP contribution is -2.38. The largest absolute Gasteiger partial charge is 0.344 e. The highest BCUT2D eigenvalue weighted by Crippen LogP contribution is 2.18. The summed E-state index contributed by atoms with van der Waals surface area (Å²) in [6.45, 7) is 1.69. The molecule has 4 heteroatoms. The van der Waals surface area contributed by atoms with Gasteiger partial charge in [0, 0.05) is 24.8 Å². The Kier molecular flexibility index (Phi) is 3.31. The molecule has 0 N–H and O–H groups in total. The predicted molar refractivity (Wildman–Crippen MR) is 73.9 cm³/mol. The number of aromatic nitrogens is 2. The molecule has 1 saturated heterocycles. The number of carbonyl (C=O) groups is 1. The number of nitrogens with zero attached hydrogens (tertiary/aromatic N) is 3. The van der Waals surface area contributed by atoms with E-state index >= 15 is 0 Å². The van der Waals surface area contributed by atoms with Gasteiger partial charge in [-0.25, -0.2) is 4.79 Å². The van der Waals surface area contributed by atoms with E-state index in [1.807, 2.05) is 41.4 Å². The second-order valence-electron chi connectivity index (χ2n) is 4.87. The number of hydrogen-bond donors (Lipinski definition) is 0. The van der Waals surface area contributed by atoms with E-state index in [4.69, 9.17) is 0 Å². The Hall–Kier alpha value is -2.10. The van der Waals surface area contributed by atoms with Crippen molar-refractivity contribution in [3.8, 4) is 11.1 Å². The maximum Gasteiger partial charge on any atom is 0.344 e. The molecule has 0 aliphatic carbocycles. The smallest absolute Gasteiger partial charge is 0.323 e. The van der Waals surface area contributed by atoms with Gasteiger partial charge in [0.25, 0.3) is 0 Å². The third kappa shape index (κ3) is 2.52. The van der Waals surface area contributed by atoms with E-state index in [-0.39, 0.29) is 6.03 Å². The summed E-state index contributed by atoms with van der Waals surface area (Å²) in [7, 11) is 0. The van der Waals surface area contributed by atoms with Crippen molar-refractivity contribution in [2.24, 2.45) is 0 Å². The van der Waals surface area contributed by atoms with Crippen LogP contribution in [0.3, 0.4) is 0 Å². The van der Waals surface area contributed by atoms with Gasteiger partial charge in [-0.15, -0.1) is 0 Å². The van der Waals surface area contributed by atoms with Crippen LogP contribution in [-0.2, 0) is 0 Å². The van der Waals surface area contributed by atoms with E-state index in [0.717, 1.165) is 37.1 Å². The first-order chi connectivity index (χ1) is 9.34. The highest BCUT2D eigenvalue weighted by atomic mass is 16.2. The lowest BCUT2D eigenvalue weighted by molar-refractivity contribution is 0.185. The highest BCUT2D eigenvalue weighted by molar-refractivity contribution is 5.77. The average molecular weight is 255 g/mol. The van der Waals surface area contributed by atoms with E-state index < -0.39 is 0 Å². The van der Waals surface area contributed by atoms with Gasteiger partial charge in [-0.05, 0) is 24.8 Å². The van der Waals surface area contributed by atoms with Crippen LogP contribution < -0.4 is 0 Å². The van der Waals surface area contributed by atoms with Crippen molar-refractivity contribution in [3.63, 3.8) is 0 Å². The van der Waals surface area contributed by atoms with Gasteiger partial charge < -0.3 is 4.90 Å². The Balaban J connectivity index is 1.79. The van der Waals surface area contributed by atoms with Gasteiger partial charge in [0.2, 0.25) is 0 Å². The minimum absolute atomic E-state index is 0.0121. The summed E-state index contributed by atoms with van der Waals surface area (Å²) >= 11 is 0. The summed E-state index contributed by atoms with van der Waals surface area (Å²) in [5.74, 6) is 0. The number of piperidine rings is 1. The van der Waals surface area contributed by atoms with Gasteiger partial charge in [0.15, 0.2) is 0 Å². The SMILES string of the molecule is O=C(N1CCCCC1)n1cc(-c2ccccc2)cn1. The first-order valence-electron chi connectivity index (χ1n) is 6.74. The zero-order valence-corrected chi connectivity index (χ0v) is 10.8. The second-order valence-corrected chi connectivity index (χ2v) is 4.87. The maximum atomic E-state index is 12.3. The molecule has 19 heavy (non-hydrogen) atoms. The zero-order valence-electron chi connectivity index (χ0n) is 10.8. The van der Waals surface area contributed by atoms with Crippen LogP contribution in [-0.4, -0.2) is 33.8 Å². The molecule has 0 bridgehead atoms.